The Kier molecular flexibility index (Phi) is 4.57. The Morgan fingerprint density at radius 2 is 1.95 bits per heavy atom. The van der Waals surface area contributed by atoms with Gasteiger partial charge in [-0.3, -0.25) is 4.98 Å². The average molecular weight is 274 g/mol. The van der Waals surface area contributed by atoms with E-state index >= 15 is 0 Å². The van der Waals surface area contributed by atoms with Gasteiger partial charge in [0.05, 0.1) is 30.9 Å². The fraction of sp³-hybridized carbons (Fsp3) is 0.438. The number of nitrogen functional groups attached to an aromatic ring is 1. The Labute approximate surface area is 119 Å². The Balaban J connectivity index is 1.95. The van der Waals surface area contributed by atoms with Crippen molar-refractivity contribution in [3.05, 3.63) is 36.0 Å². The highest BCUT2D eigenvalue weighted by molar-refractivity contribution is 5.92. The second-order valence-electron chi connectivity index (χ2n) is 5.73. The van der Waals surface area contributed by atoms with E-state index in [0.29, 0.717) is 19.8 Å². The molecule has 0 aliphatic carbocycles. The third kappa shape index (κ3) is 3.92. The molecule has 0 aliphatic heterocycles. The molecular formula is C16H22N2O2. The quantitative estimate of drug-likeness (QED) is 0.672. The summed E-state index contributed by atoms with van der Waals surface area (Å²) >= 11 is 0. The van der Waals surface area contributed by atoms with Crippen molar-refractivity contribution in [3.63, 3.8) is 0 Å². The van der Waals surface area contributed by atoms with Gasteiger partial charge in [0.1, 0.15) is 0 Å². The van der Waals surface area contributed by atoms with E-state index in [1.165, 1.54) is 0 Å². The minimum Gasteiger partial charge on any atom is -0.398 e. The SMILES string of the molecule is CC(C)(C)OCCOCc1ccc(N)c2cccnc12. The normalized spacial score (nSPS) is 11.9. The smallest absolute Gasteiger partial charge is 0.0777 e. The highest BCUT2D eigenvalue weighted by Crippen LogP contribution is 2.23. The fourth-order valence-electron chi connectivity index (χ4n) is 1.96. The molecule has 0 atom stereocenters. The van der Waals surface area contributed by atoms with E-state index < -0.39 is 0 Å². The topological polar surface area (TPSA) is 57.4 Å². The van der Waals surface area contributed by atoms with Crippen LogP contribution in [0.2, 0.25) is 0 Å². The third-order valence-corrected chi connectivity index (χ3v) is 2.91. The van der Waals surface area contributed by atoms with Crippen molar-refractivity contribution in [3.8, 4) is 0 Å². The van der Waals surface area contributed by atoms with Crippen LogP contribution in [0.1, 0.15) is 26.3 Å². The van der Waals surface area contributed by atoms with Gasteiger partial charge in [-0.05, 0) is 39.0 Å². The molecule has 1 aromatic carbocycles. The molecular weight excluding hydrogens is 252 g/mol. The first-order valence-corrected chi connectivity index (χ1v) is 6.81. The van der Waals surface area contributed by atoms with Crippen molar-refractivity contribution in [2.75, 3.05) is 18.9 Å². The molecule has 20 heavy (non-hydrogen) atoms. The monoisotopic (exact) mass is 274 g/mol. The number of rotatable bonds is 5. The maximum atomic E-state index is 5.95. The van der Waals surface area contributed by atoms with Crippen LogP contribution >= 0.6 is 0 Å². The van der Waals surface area contributed by atoms with Gasteiger partial charge in [0.15, 0.2) is 0 Å². The van der Waals surface area contributed by atoms with E-state index in [4.69, 9.17) is 15.2 Å². The summed E-state index contributed by atoms with van der Waals surface area (Å²) in [5.74, 6) is 0. The van der Waals surface area contributed by atoms with Crippen molar-refractivity contribution < 1.29 is 9.47 Å². The van der Waals surface area contributed by atoms with Crippen molar-refractivity contribution in [1.29, 1.82) is 0 Å². The summed E-state index contributed by atoms with van der Waals surface area (Å²) < 4.78 is 11.3. The van der Waals surface area contributed by atoms with Crippen molar-refractivity contribution in [1.82, 2.24) is 4.98 Å². The summed E-state index contributed by atoms with van der Waals surface area (Å²) in [6.07, 6.45) is 1.77. The summed E-state index contributed by atoms with van der Waals surface area (Å²) in [5, 5.41) is 0.972. The van der Waals surface area contributed by atoms with Crippen LogP contribution in [0.25, 0.3) is 10.9 Å². The van der Waals surface area contributed by atoms with E-state index in [1.54, 1.807) is 6.20 Å². The fourth-order valence-corrected chi connectivity index (χ4v) is 1.96. The van der Waals surface area contributed by atoms with Gasteiger partial charge in [0.25, 0.3) is 0 Å². The molecule has 0 spiro atoms. The summed E-state index contributed by atoms with van der Waals surface area (Å²) in [5.41, 5.74) is 8.52. The first kappa shape index (κ1) is 14.8. The average Bonchev–Trinajstić information content (AvgIpc) is 2.40. The number of nitrogens with zero attached hydrogens (tertiary/aromatic N) is 1. The summed E-state index contributed by atoms with van der Waals surface area (Å²) in [7, 11) is 0. The molecule has 0 radical (unpaired) electrons. The van der Waals surface area contributed by atoms with E-state index in [-0.39, 0.29) is 5.60 Å². The highest BCUT2D eigenvalue weighted by Gasteiger charge is 2.09. The Bertz CT molecular complexity index is 576. The van der Waals surface area contributed by atoms with Crippen LogP contribution < -0.4 is 5.73 Å². The molecule has 2 N–H and O–H groups in total. The standard InChI is InChI=1S/C16H22N2O2/c1-16(2,3)20-10-9-19-11-12-6-7-14(17)13-5-4-8-18-15(12)13/h4-8H,9-11,17H2,1-3H3. The van der Waals surface area contributed by atoms with Gasteiger partial charge in [0, 0.05) is 22.8 Å². The zero-order valence-corrected chi connectivity index (χ0v) is 12.3. The molecule has 0 bridgehead atoms. The maximum absolute atomic E-state index is 5.95. The Morgan fingerprint density at radius 1 is 1.15 bits per heavy atom. The Morgan fingerprint density at radius 3 is 2.70 bits per heavy atom. The highest BCUT2D eigenvalue weighted by atomic mass is 16.5. The van der Waals surface area contributed by atoms with Crippen LogP contribution in [0.5, 0.6) is 0 Å². The number of aromatic nitrogens is 1. The van der Waals surface area contributed by atoms with Crippen LogP contribution in [0, 0.1) is 0 Å². The lowest BCUT2D eigenvalue weighted by Gasteiger charge is -2.19. The van der Waals surface area contributed by atoms with Crippen molar-refractivity contribution in [2.45, 2.75) is 33.0 Å². The van der Waals surface area contributed by atoms with Crippen LogP contribution in [0.3, 0.4) is 0 Å². The summed E-state index contributed by atoms with van der Waals surface area (Å²) in [4.78, 5) is 4.39. The number of ether oxygens (including phenoxy) is 2. The van der Waals surface area contributed by atoms with E-state index in [2.05, 4.69) is 4.98 Å². The molecule has 1 heterocycles. The molecule has 4 heteroatoms. The zero-order valence-electron chi connectivity index (χ0n) is 12.3. The van der Waals surface area contributed by atoms with E-state index in [1.807, 2.05) is 45.0 Å². The predicted octanol–water partition coefficient (Wildman–Crippen LogP) is 3.15. The molecule has 0 unspecified atom stereocenters. The van der Waals surface area contributed by atoms with Gasteiger partial charge in [-0.25, -0.2) is 0 Å². The van der Waals surface area contributed by atoms with Crippen molar-refractivity contribution >= 4 is 16.6 Å². The minimum absolute atomic E-state index is 0.126. The van der Waals surface area contributed by atoms with Gasteiger partial charge in [-0.1, -0.05) is 6.07 Å². The zero-order chi connectivity index (χ0) is 14.6. The van der Waals surface area contributed by atoms with Gasteiger partial charge in [0.2, 0.25) is 0 Å². The number of pyridine rings is 1. The second kappa shape index (κ2) is 6.20. The maximum Gasteiger partial charge on any atom is 0.0777 e. The Hall–Kier alpha value is -1.65. The minimum atomic E-state index is -0.126. The lowest BCUT2D eigenvalue weighted by molar-refractivity contribution is -0.0375. The van der Waals surface area contributed by atoms with Crippen LogP contribution in [0.15, 0.2) is 30.5 Å². The predicted molar refractivity (Wildman–Crippen MR) is 81.5 cm³/mol. The molecule has 4 nitrogen and oxygen atoms in total. The number of hydrogen-bond donors (Lipinski definition) is 1. The van der Waals surface area contributed by atoms with Crippen molar-refractivity contribution in [2.24, 2.45) is 0 Å². The van der Waals surface area contributed by atoms with E-state index in [9.17, 15) is 0 Å². The first-order valence-electron chi connectivity index (χ1n) is 6.81. The lowest BCUT2D eigenvalue weighted by atomic mass is 10.1. The third-order valence-electron chi connectivity index (χ3n) is 2.91. The van der Waals surface area contributed by atoms with Gasteiger partial charge < -0.3 is 15.2 Å². The lowest BCUT2D eigenvalue weighted by Crippen LogP contribution is -2.21. The molecule has 2 aromatic rings. The second-order valence-corrected chi connectivity index (χ2v) is 5.73. The number of fused-ring (bicyclic) bond motifs is 1. The molecule has 0 aliphatic rings. The van der Waals surface area contributed by atoms with Crippen LogP contribution in [-0.2, 0) is 16.1 Å². The van der Waals surface area contributed by atoms with Gasteiger partial charge in [-0.2, -0.15) is 0 Å². The van der Waals surface area contributed by atoms with Crippen LogP contribution in [0.4, 0.5) is 5.69 Å². The summed E-state index contributed by atoms with van der Waals surface area (Å²) in [6.45, 7) is 7.76. The molecule has 0 amide bonds. The molecule has 2 rings (SSSR count). The largest absolute Gasteiger partial charge is 0.398 e. The van der Waals surface area contributed by atoms with Gasteiger partial charge in [-0.15, -0.1) is 0 Å². The number of nitrogens with two attached hydrogens (primary N) is 1. The first-order chi connectivity index (χ1) is 9.47. The number of anilines is 1. The molecule has 0 fully saturated rings. The van der Waals surface area contributed by atoms with Gasteiger partial charge >= 0.3 is 0 Å². The number of benzene rings is 1. The number of hydrogen-bond acceptors (Lipinski definition) is 4. The molecule has 108 valence electrons. The molecule has 0 saturated heterocycles. The van der Waals surface area contributed by atoms with E-state index in [0.717, 1.165) is 22.2 Å². The molecule has 0 saturated carbocycles. The molecule has 1 aromatic heterocycles. The summed E-state index contributed by atoms with van der Waals surface area (Å²) in [6, 6.07) is 7.73. The van der Waals surface area contributed by atoms with Crippen LogP contribution in [-0.4, -0.2) is 23.8 Å².